The monoisotopic (exact) mass is 522 g/mol. The lowest BCUT2D eigenvalue weighted by Gasteiger charge is -2.38. The Hall–Kier alpha value is -3.73. The Bertz CT molecular complexity index is 1340. The number of benzene rings is 1. The first-order chi connectivity index (χ1) is 18.4. The van der Waals surface area contributed by atoms with Gasteiger partial charge in [0.25, 0.3) is 5.89 Å². The predicted molar refractivity (Wildman–Crippen MR) is 131 cm³/mol. The van der Waals surface area contributed by atoms with Crippen LogP contribution in [0.25, 0.3) is 11.5 Å². The van der Waals surface area contributed by atoms with Gasteiger partial charge in [0.05, 0.1) is 22.7 Å². The van der Waals surface area contributed by atoms with E-state index in [4.69, 9.17) is 4.42 Å². The van der Waals surface area contributed by atoms with E-state index in [0.29, 0.717) is 24.9 Å². The molecule has 2 saturated carbocycles. The summed E-state index contributed by atoms with van der Waals surface area (Å²) in [6.07, 6.45) is 6.36. The van der Waals surface area contributed by atoms with Gasteiger partial charge in [-0.3, -0.25) is 14.6 Å². The molecule has 2 N–H and O–H groups in total. The van der Waals surface area contributed by atoms with Crippen molar-refractivity contribution in [3.8, 4) is 11.5 Å². The zero-order chi connectivity index (χ0) is 26.3. The summed E-state index contributed by atoms with van der Waals surface area (Å²) in [5.41, 5.74) is 0.269. The van der Waals surface area contributed by atoms with Gasteiger partial charge in [-0.2, -0.15) is 0 Å². The molecule has 3 fully saturated rings. The van der Waals surface area contributed by atoms with Gasteiger partial charge in [0, 0.05) is 37.9 Å². The van der Waals surface area contributed by atoms with Gasteiger partial charge in [-0.1, -0.05) is 6.07 Å². The van der Waals surface area contributed by atoms with Gasteiger partial charge >= 0.3 is 11.8 Å². The second-order valence-electron chi connectivity index (χ2n) is 10.5. The first-order valence-corrected chi connectivity index (χ1v) is 13.0. The molecule has 9 nitrogen and oxygen atoms in total. The molecule has 3 aromatic rings. The van der Waals surface area contributed by atoms with Crippen LogP contribution in [-0.2, 0) is 10.3 Å². The zero-order valence-corrected chi connectivity index (χ0v) is 20.7. The summed E-state index contributed by atoms with van der Waals surface area (Å²) >= 11 is 0. The molecule has 0 spiro atoms. The van der Waals surface area contributed by atoms with Crippen LogP contribution in [0, 0.1) is 23.5 Å². The summed E-state index contributed by atoms with van der Waals surface area (Å²) in [5, 5.41) is 13.6. The third-order valence-corrected chi connectivity index (χ3v) is 7.61. The molecular weight excluding hydrogens is 494 g/mol. The minimum absolute atomic E-state index is 0.104. The zero-order valence-electron chi connectivity index (χ0n) is 20.7. The van der Waals surface area contributed by atoms with E-state index in [1.54, 1.807) is 6.20 Å². The number of rotatable bonds is 8. The van der Waals surface area contributed by atoms with Crippen LogP contribution in [0.5, 0.6) is 0 Å². The van der Waals surface area contributed by atoms with E-state index in [0.717, 1.165) is 37.7 Å². The molecule has 3 aliphatic rings. The molecule has 11 heteroatoms. The summed E-state index contributed by atoms with van der Waals surface area (Å²) in [5.74, 6) is -2.77. The lowest BCUT2D eigenvalue weighted by atomic mass is 9.90. The van der Waals surface area contributed by atoms with Crippen LogP contribution < -0.4 is 10.6 Å². The number of hydrogen-bond donors (Lipinski definition) is 2. The van der Waals surface area contributed by atoms with E-state index < -0.39 is 35.0 Å². The summed E-state index contributed by atoms with van der Waals surface area (Å²) in [7, 11) is 0. The van der Waals surface area contributed by atoms with Crippen molar-refractivity contribution >= 4 is 11.8 Å². The van der Waals surface area contributed by atoms with E-state index in [2.05, 4.69) is 30.7 Å². The van der Waals surface area contributed by atoms with Gasteiger partial charge in [0.2, 0.25) is 5.91 Å². The third-order valence-electron chi connectivity index (χ3n) is 7.61. The number of carbonyl (C=O) groups is 2. The van der Waals surface area contributed by atoms with Crippen LogP contribution in [0.2, 0.25) is 0 Å². The normalized spacial score (nSPS) is 22.6. The Labute approximate surface area is 218 Å². The molecule has 38 heavy (non-hydrogen) atoms. The highest BCUT2D eigenvalue weighted by atomic mass is 19.1. The van der Waals surface area contributed by atoms with Crippen molar-refractivity contribution in [2.75, 3.05) is 19.6 Å². The third kappa shape index (κ3) is 5.15. The smallest absolute Gasteiger partial charge is 0.309 e. The molecule has 0 bridgehead atoms. The molecule has 3 heterocycles. The second kappa shape index (κ2) is 9.86. The van der Waals surface area contributed by atoms with Crippen molar-refractivity contribution in [3.05, 3.63) is 65.8 Å². The molecule has 6 rings (SSSR count). The Morgan fingerprint density at radius 3 is 2.66 bits per heavy atom. The van der Waals surface area contributed by atoms with Gasteiger partial charge in [-0.05, 0) is 62.3 Å². The fraction of sp³-hybridized carbons (Fsp3) is 0.444. The second-order valence-corrected chi connectivity index (χ2v) is 10.5. The summed E-state index contributed by atoms with van der Waals surface area (Å²) in [6.45, 7) is 2.24. The number of hydrogen-bond acceptors (Lipinski definition) is 7. The molecule has 0 radical (unpaired) electrons. The Morgan fingerprint density at radius 1 is 1.11 bits per heavy atom. The van der Waals surface area contributed by atoms with Crippen molar-refractivity contribution < 1.29 is 22.8 Å². The number of amides is 2. The van der Waals surface area contributed by atoms with Crippen LogP contribution >= 0.6 is 0 Å². The topological polar surface area (TPSA) is 113 Å². The van der Waals surface area contributed by atoms with E-state index >= 15 is 0 Å². The molecule has 198 valence electrons. The van der Waals surface area contributed by atoms with Gasteiger partial charge in [-0.25, -0.2) is 8.78 Å². The van der Waals surface area contributed by atoms with Crippen LogP contribution in [0.4, 0.5) is 8.78 Å². The first kappa shape index (κ1) is 24.6. The number of nitrogens with zero attached hydrogens (tertiary/aromatic N) is 4. The summed E-state index contributed by atoms with van der Waals surface area (Å²) in [4.78, 5) is 33.4. The van der Waals surface area contributed by atoms with Crippen LogP contribution in [0.1, 0.15) is 48.5 Å². The van der Waals surface area contributed by atoms with Crippen molar-refractivity contribution in [2.45, 2.75) is 43.7 Å². The summed E-state index contributed by atoms with van der Waals surface area (Å²) < 4.78 is 32.8. The molecule has 1 aromatic carbocycles. The highest BCUT2D eigenvalue weighted by Gasteiger charge is 2.49. The molecule has 2 amide bonds. The fourth-order valence-electron chi connectivity index (χ4n) is 5.15. The van der Waals surface area contributed by atoms with Gasteiger partial charge < -0.3 is 20.0 Å². The van der Waals surface area contributed by atoms with E-state index in [1.165, 1.54) is 18.9 Å². The highest BCUT2D eigenvalue weighted by Crippen LogP contribution is 2.45. The molecule has 2 atom stereocenters. The quantitative estimate of drug-likeness (QED) is 0.468. The molecule has 1 saturated heterocycles. The largest absolute Gasteiger partial charge is 0.412 e. The maximum Gasteiger partial charge on any atom is 0.309 e. The van der Waals surface area contributed by atoms with Crippen LogP contribution in [0.3, 0.4) is 0 Å². The number of carbonyl (C=O) groups excluding carboxylic acids is 2. The van der Waals surface area contributed by atoms with Crippen LogP contribution in [0.15, 0.2) is 47.0 Å². The average Bonchev–Trinajstić information content (AvgIpc) is 3.84. The fourth-order valence-corrected chi connectivity index (χ4v) is 5.15. The van der Waals surface area contributed by atoms with Gasteiger partial charge in [0.15, 0.2) is 0 Å². The molecule has 2 aliphatic carbocycles. The molecule has 1 aliphatic heterocycles. The predicted octanol–water partition coefficient (Wildman–Crippen LogP) is 3.05. The number of halogens is 2. The molecule has 0 unspecified atom stereocenters. The van der Waals surface area contributed by atoms with Crippen molar-refractivity contribution in [3.63, 3.8) is 0 Å². The lowest BCUT2D eigenvalue weighted by Crippen LogP contribution is -2.57. The number of likely N-dealkylation sites (tertiary alicyclic amines) is 1. The van der Waals surface area contributed by atoms with Crippen LogP contribution in [-0.4, -0.2) is 57.6 Å². The van der Waals surface area contributed by atoms with Gasteiger partial charge in [0.1, 0.15) is 11.6 Å². The van der Waals surface area contributed by atoms with Crippen molar-refractivity contribution in [2.24, 2.45) is 11.8 Å². The maximum absolute atomic E-state index is 14.1. The SMILES string of the molecule is O=C(N[C@H]1CCN(CC2CC2)C[C@@H]1C(=O)NC1(c2ccccn2)CC1)c1nnc(-c2ccc(F)cc2F)o1. The minimum atomic E-state index is -0.873. The number of aromatic nitrogens is 3. The first-order valence-electron chi connectivity index (χ1n) is 13.0. The maximum atomic E-state index is 14.1. The van der Waals surface area contributed by atoms with E-state index in [1.807, 2.05) is 18.2 Å². The van der Waals surface area contributed by atoms with Crippen molar-refractivity contribution in [1.82, 2.24) is 30.7 Å². The average molecular weight is 523 g/mol. The standard InChI is InChI=1S/C27H28F2N6O3/c28-17-6-7-18(20(29)13-17)25-33-34-26(38-25)24(37)31-21-8-12-35(14-16-4-5-16)15-19(21)23(36)32-27(9-10-27)22-3-1-2-11-30-22/h1-3,6-7,11,13,16,19,21H,4-5,8-10,12,14-15H2,(H,31,37)(H,32,36)/t19-,21-/m0/s1. The van der Waals surface area contributed by atoms with E-state index in [-0.39, 0.29) is 23.3 Å². The molecular formula is C27H28F2N6O3. The lowest BCUT2D eigenvalue weighted by molar-refractivity contribution is -0.128. The Morgan fingerprint density at radius 2 is 1.95 bits per heavy atom. The number of pyridine rings is 1. The Balaban J connectivity index is 1.17. The number of piperidine rings is 1. The highest BCUT2D eigenvalue weighted by molar-refractivity contribution is 5.91. The van der Waals surface area contributed by atoms with E-state index in [9.17, 15) is 18.4 Å². The van der Waals surface area contributed by atoms with Gasteiger partial charge in [-0.15, -0.1) is 10.2 Å². The molecule has 2 aromatic heterocycles. The summed E-state index contributed by atoms with van der Waals surface area (Å²) in [6, 6.07) is 8.17. The van der Waals surface area contributed by atoms with Crippen molar-refractivity contribution in [1.29, 1.82) is 0 Å². The Kier molecular flexibility index (Phi) is 6.38. The number of nitrogens with one attached hydrogen (secondary N) is 2. The minimum Gasteiger partial charge on any atom is -0.412 e.